The van der Waals surface area contributed by atoms with Gasteiger partial charge < -0.3 is 5.32 Å². The maximum atomic E-state index is 14.4. The summed E-state index contributed by atoms with van der Waals surface area (Å²) in [7, 11) is 0. The molecule has 1 N–H and O–H groups in total. The molecule has 0 saturated carbocycles. The van der Waals surface area contributed by atoms with E-state index in [0.717, 1.165) is 37.1 Å². The minimum atomic E-state index is -0.453. The van der Waals surface area contributed by atoms with Crippen LogP contribution in [0.3, 0.4) is 0 Å². The molecule has 0 spiro atoms. The number of hydrogen-bond acceptors (Lipinski definition) is 3. The summed E-state index contributed by atoms with van der Waals surface area (Å²) in [5.74, 6) is -0.440. The van der Waals surface area contributed by atoms with Crippen LogP contribution in [0.15, 0.2) is 48.5 Å². The SMILES string of the molecule is CCC(=O)c1ccc(C[C@@H](CNC(=O)C[C@H](C)c2ccccc2)N2CCCC2)cc1F. The van der Waals surface area contributed by atoms with Crippen molar-refractivity contribution in [2.45, 2.75) is 57.9 Å². The van der Waals surface area contributed by atoms with Crippen molar-refractivity contribution < 1.29 is 14.0 Å². The van der Waals surface area contributed by atoms with E-state index in [0.29, 0.717) is 25.8 Å². The number of hydrogen-bond donors (Lipinski definition) is 1. The number of likely N-dealkylation sites (tertiary alicyclic amines) is 1. The lowest BCUT2D eigenvalue weighted by Gasteiger charge is -2.28. The Morgan fingerprint density at radius 2 is 1.81 bits per heavy atom. The highest BCUT2D eigenvalue weighted by Gasteiger charge is 2.24. The standard InChI is InChI=1S/C26H33FN2O2/c1-3-25(30)23-12-11-20(17-24(23)27)16-22(29-13-7-8-14-29)18-28-26(31)15-19(2)21-9-5-4-6-10-21/h4-6,9-12,17,19,22H,3,7-8,13-16,18H2,1-2H3,(H,28,31)/t19-,22-/m0/s1. The number of nitrogens with zero attached hydrogens (tertiary/aromatic N) is 1. The van der Waals surface area contributed by atoms with Crippen molar-refractivity contribution in [2.24, 2.45) is 0 Å². The second-order valence-electron chi connectivity index (χ2n) is 8.51. The van der Waals surface area contributed by atoms with Gasteiger partial charge in [-0.1, -0.05) is 50.2 Å². The Morgan fingerprint density at radius 1 is 1.10 bits per heavy atom. The molecule has 1 aliphatic heterocycles. The Hall–Kier alpha value is -2.53. The average molecular weight is 425 g/mol. The van der Waals surface area contributed by atoms with Crippen LogP contribution in [-0.4, -0.2) is 42.3 Å². The summed E-state index contributed by atoms with van der Waals surface area (Å²) in [5.41, 5.74) is 2.17. The van der Waals surface area contributed by atoms with Gasteiger partial charge in [-0.05, 0) is 61.5 Å². The van der Waals surface area contributed by atoms with Gasteiger partial charge >= 0.3 is 0 Å². The third-order valence-electron chi connectivity index (χ3n) is 6.18. The number of carbonyl (C=O) groups is 2. The molecule has 5 heteroatoms. The molecule has 31 heavy (non-hydrogen) atoms. The van der Waals surface area contributed by atoms with E-state index in [1.807, 2.05) is 36.4 Å². The van der Waals surface area contributed by atoms with E-state index in [1.54, 1.807) is 13.0 Å². The molecule has 166 valence electrons. The minimum absolute atomic E-state index is 0.0376. The molecule has 2 aromatic carbocycles. The molecule has 1 fully saturated rings. The molecule has 0 aliphatic carbocycles. The maximum Gasteiger partial charge on any atom is 0.220 e. The van der Waals surface area contributed by atoms with Crippen LogP contribution in [0.5, 0.6) is 0 Å². The summed E-state index contributed by atoms with van der Waals surface area (Å²) in [6, 6.07) is 15.1. The van der Waals surface area contributed by atoms with Crippen molar-refractivity contribution in [3.8, 4) is 0 Å². The summed E-state index contributed by atoms with van der Waals surface area (Å²) in [4.78, 5) is 26.8. The lowest BCUT2D eigenvalue weighted by Crippen LogP contribution is -2.44. The fourth-order valence-corrected chi connectivity index (χ4v) is 4.29. The van der Waals surface area contributed by atoms with Crippen LogP contribution >= 0.6 is 0 Å². The number of Topliss-reactive ketones (excluding diaryl/α,β-unsaturated/α-hetero) is 1. The van der Waals surface area contributed by atoms with E-state index in [9.17, 15) is 14.0 Å². The van der Waals surface area contributed by atoms with Crippen LogP contribution in [0.2, 0.25) is 0 Å². The zero-order chi connectivity index (χ0) is 22.2. The van der Waals surface area contributed by atoms with Gasteiger partial charge in [0.2, 0.25) is 5.91 Å². The molecule has 0 aromatic heterocycles. The van der Waals surface area contributed by atoms with Gasteiger partial charge in [0.15, 0.2) is 5.78 Å². The fourth-order valence-electron chi connectivity index (χ4n) is 4.29. The summed E-state index contributed by atoms with van der Waals surface area (Å²) in [6.07, 6.45) is 3.67. The molecule has 0 unspecified atom stereocenters. The molecule has 0 bridgehead atoms. The first-order chi connectivity index (χ1) is 15.0. The summed E-state index contributed by atoms with van der Waals surface area (Å²) in [5, 5.41) is 3.11. The van der Waals surface area contributed by atoms with Crippen LogP contribution in [-0.2, 0) is 11.2 Å². The van der Waals surface area contributed by atoms with Crippen molar-refractivity contribution in [3.63, 3.8) is 0 Å². The zero-order valence-electron chi connectivity index (χ0n) is 18.6. The molecule has 1 amide bonds. The predicted molar refractivity (Wildman–Crippen MR) is 122 cm³/mol. The molecule has 1 aliphatic rings. The fraction of sp³-hybridized carbons (Fsp3) is 0.462. The highest BCUT2D eigenvalue weighted by atomic mass is 19.1. The van der Waals surface area contributed by atoms with Crippen LogP contribution in [0.1, 0.15) is 66.9 Å². The number of carbonyl (C=O) groups excluding carboxylic acids is 2. The van der Waals surface area contributed by atoms with Crippen molar-refractivity contribution >= 4 is 11.7 Å². The average Bonchev–Trinajstić information content (AvgIpc) is 3.31. The number of nitrogens with one attached hydrogen (secondary N) is 1. The molecule has 2 atom stereocenters. The molecule has 4 nitrogen and oxygen atoms in total. The first-order valence-electron chi connectivity index (χ1n) is 11.3. The van der Waals surface area contributed by atoms with Crippen LogP contribution in [0.25, 0.3) is 0 Å². The molecule has 2 aromatic rings. The Balaban J connectivity index is 1.61. The summed E-state index contributed by atoms with van der Waals surface area (Å²) < 4.78 is 14.4. The van der Waals surface area contributed by atoms with Gasteiger partial charge in [0.25, 0.3) is 0 Å². The van der Waals surface area contributed by atoms with Gasteiger partial charge in [0.05, 0.1) is 5.56 Å². The largest absolute Gasteiger partial charge is 0.355 e. The predicted octanol–water partition coefficient (Wildman–Crippen LogP) is 4.74. The monoisotopic (exact) mass is 424 g/mol. The Morgan fingerprint density at radius 3 is 2.45 bits per heavy atom. The lowest BCUT2D eigenvalue weighted by atomic mass is 9.97. The quantitative estimate of drug-likeness (QED) is 0.561. The molecule has 0 radical (unpaired) electrons. The van der Waals surface area contributed by atoms with E-state index in [1.165, 1.54) is 6.07 Å². The van der Waals surface area contributed by atoms with Crippen LogP contribution in [0, 0.1) is 5.82 Å². The minimum Gasteiger partial charge on any atom is -0.355 e. The van der Waals surface area contributed by atoms with Gasteiger partial charge in [-0.15, -0.1) is 0 Å². The Kier molecular flexibility index (Phi) is 8.35. The smallest absolute Gasteiger partial charge is 0.220 e. The highest BCUT2D eigenvalue weighted by Crippen LogP contribution is 2.20. The second kappa shape index (κ2) is 11.2. The molecule has 1 heterocycles. The van der Waals surface area contributed by atoms with Crippen molar-refractivity contribution in [3.05, 3.63) is 71.0 Å². The molecular formula is C26H33FN2O2. The van der Waals surface area contributed by atoms with Gasteiger partial charge in [0, 0.05) is 25.4 Å². The second-order valence-corrected chi connectivity index (χ2v) is 8.51. The summed E-state index contributed by atoms with van der Waals surface area (Å²) in [6.45, 7) is 6.33. The van der Waals surface area contributed by atoms with Gasteiger partial charge in [-0.25, -0.2) is 4.39 Å². The number of benzene rings is 2. The van der Waals surface area contributed by atoms with Crippen molar-refractivity contribution in [2.75, 3.05) is 19.6 Å². The first kappa shape index (κ1) is 23.1. The van der Waals surface area contributed by atoms with Crippen LogP contribution < -0.4 is 5.32 Å². The highest BCUT2D eigenvalue weighted by molar-refractivity contribution is 5.96. The normalized spacial score (nSPS) is 16.1. The lowest BCUT2D eigenvalue weighted by molar-refractivity contribution is -0.121. The molecule has 1 saturated heterocycles. The zero-order valence-corrected chi connectivity index (χ0v) is 18.6. The number of rotatable bonds is 10. The van der Waals surface area contributed by atoms with Crippen molar-refractivity contribution in [1.29, 1.82) is 0 Å². The number of halogens is 1. The Labute approximate surface area is 184 Å². The molecular weight excluding hydrogens is 391 g/mol. The van der Waals surface area contributed by atoms with E-state index >= 15 is 0 Å². The van der Waals surface area contributed by atoms with Gasteiger partial charge in [-0.2, -0.15) is 0 Å². The molecule has 3 rings (SSSR count). The van der Waals surface area contributed by atoms with Crippen molar-refractivity contribution in [1.82, 2.24) is 10.2 Å². The van der Waals surface area contributed by atoms with E-state index in [4.69, 9.17) is 0 Å². The van der Waals surface area contributed by atoms with Gasteiger partial charge in [0.1, 0.15) is 5.82 Å². The summed E-state index contributed by atoms with van der Waals surface area (Å²) >= 11 is 0. The van der Waals surface area contributed by atoms with E-state index in [2.05, 4.69) is 17.1 Å². The van der Waals surface area contributed by atoms with Gasteiger partial charge in [-0.3, -0.25) is 14.5 Å². The van der Waals surface area contributed by atoms with E-state index in [-0.39, 0.29) is 29.2 Å². The number of amides is 1. The van der Waals surface area contributed by atoms with Crippen LogP contribution in [0.4, 0.5) is 4.39 Å². The topological polar surface area (TPSA) is 49.4 Å². The maximum absolute atomic E-state index is 14.4. The third kappa shape index (κ3) is 6.47. The Bertz CT molecular complexity index is 878. The number of ketones is 1. The first-order valence-corrected chi connectivity index (χ1v) is 11.3. The van der Waals surface area contributed by atoms with E-state index < -0.39 is 5.82 Å². The third-order valence-corrected chi connectivity index (χ3v) is 6.18.